The van der Waals surface area contributed by atoms with Gasteiger partial charge < -0.3 is 10.6 Å². The fourth-order valence-corrected chi connectivity index (χ4v) is 3.22. The quantitative estimate of drug-likeness (QED) is 0.789. The molecule has 2 unspecified atom stereocenters. The molecular formula is C17H19Cl2F3N4O. The molecule has 1 fully saturated rings. The number of aromatic nitrogens is 2. The van der Waals surface area contributed by atoms with Crippen LogP contribution in [-0.4, -0.2) is 34.3 Å². The van der Waals surface area contributed by atoms with E-state index in [4.69, 9.17) is 11.6 Å². The van der Waals surface area contributed by atoms with Crippen LogP contribution in [0.2, 0.25) is 5.02 Å². The van der Waals surface area contributed by atoms with Crippen LogP contribution < -0.4 is 10.6 Å². The molecule has 2 atom stereocenters. The lowest BCUT2D eigenvalue weighted by Crippen LogP contribution is -2.46. The number of halogens is 5. The molecule has 1 amide bonds. The number of hydrogen-bond donors (Lipinski definition) is 2. The minimum absolute atomic E-state index is 0. The summed E-state index contributed by atoms with van der Waals surface area (Å²) < 4.78 is 41.6. The Morgan fingerprint density at radius 2 is 2.00 bits per heavy atom. The normalized spacial score (nSPS) is 20.0. The second kappa shape index (κ2) is 8.50. The molecule has 0 aliphatic carbocycles. The van der Waals surface area contributed by atoms with Crippen molar-refractivity contribution < 1.29 is 18.0 Å². The average Bonchev–Trinajstić information content (AvgIpc) is 3.01. The Bertz CT molecular complexity index is 792. The summed E-state index contributed by atoms with van der Waals surface area (Å²) in [4.78, 5) is 12.5. The third kappa shape index (κ3) is 4.94. The Morgan fingerprint density at radius 1 is 1.33 bits per heavy atom. The Balaban J connectivity index is 0.00000261. The van der Waals surface area contributed by atoms with Crippen LogP contribution >= 0.6 is 24.0 Å². The van der Waals surface area contributed by atoms with E-state index < -0.39 is 23.3 Å². The molecule has 1 aliphatic rings. The highest BCUT2D eigenvalue weighted by Gasteiger charge is 2.41. The van der Waals surface area contributed by atoms with Crippen LogP contribution in [0.4, 0.5) is 13.2 Å². The highest BCUT2D eigenvalue weighted by molar-refractivity contribution is 6.30. The number of piperidine rings is 1. The zero-order valence-electron chi connectivity index (χ0n) is 14.4. The average molecular weight is 423 g/mol. The van der Waals surface area contributed by atoms with Crippen molar-refractivity contribution in [3.63, 3.8) is 0 Å². The predicted molar refractivity (Wildman–Crippen MR) is 98.8 cm³/mol. The molecule has 148 valence electrons. The third-order valence-corrected chi connectivity index (χ3v) is 4.56. The van der Waals surface area contributed by atoms with Gasteiger partial charge in [0.2, 0.25) is 0 Å². The van der Waals surface area contributed by atoms with E-state index in [1.165, 1.54) is 24.3 Å². The molecule has 10 heteroatoms. The van der Waals surface area contributed by atoms with Crippen molar-refractivity contribution in [2.45, 2.75) is 38.0 Å². The van der Waals surface area contributed by atoms with Gasteiger partial charge in [-0.2, -0.15) is 18.3 Å². The maximum absolute atomic E-state index is 13.6. The van der Waals surface area contributed by atoms with Gasteiger partial charge in [-0.05, 0) is 50.6 Å². The van der Waals surface area contributed by atoms with Gasteiger partial charge in [0.15, 0.2) is 5.69 Å². The second-order valence-electron chi connectivity index (χ2n) is 6.34. The number of hydrogen-bond acceptors (Lipinski definition) is 3. The molecule has 5 nitrogen and oxygen atoms in total. The third-order valence-electron chi connectivity index (χ3n) is 4.31. The molecule has 2 heterocycles. The largest absolute Gasteiger partial charge is 0.434 e. The predicted octanol–water partition coefficient (Wildman–Crippen LogP) is 3.84. The number of carbonyl (C=O) groups excluding carboxylic acids is 1. The first-order chi connectivity index (χ1) is 12.3. The van der Waals surface area contributed by atoms with E-state index in [-0.39, 0.29) is 30.2 Å². The maximum Gasteiger partial charge on any atom is 0.434 e. The fourth-order valence-electron chi connectivity index (χ4n) is 3.09. The van der Waals surface area contributed by atoms with Gasteiger partial charge in [-0.3, -0.25) is 4.79 Å². The summed E-state index contributed by atoms with van der Waals surface area (Å²) in [5.41, 5.74) is -1.41. The highest BCUT2D eigenvalue weighted by Crippen LogP contribution is 2.34. The minimum Gasteiger partial charge on any atom is -0.349 e. The Hall–Kier alpha value is -1.77. The van der Waals surface area contributed by atoms with Gasteiger partial charge in [-0.15, -0.1) is 12.4 Å². The Labute approximate surface area is 165 Å². The summed E-state index contributed by atoms with van der Waals surface area (Å²) in [6.45, 7) is 2.68. The maximum atomic E-state index is 13.6. The van der Waals surface area contributed by atoms with E-state index in [1.54, 1.807) is 0 Å². The molecular weight excluding hydrogens is 404 g/mol. The molecule has 2 aromatic rings. The van der Waals surface area contributed by atoms with Crippen molar-refractivity contribution in [1.29, 1.82) is 0 Å². The first-order valence-electron chi connectivity index (χ1n) is 8.21. The van der Waals surface area contributed by atoms with E-state index in [2.05, 4.69) is 15.7 Å². The standard InChI is InChI=1S/C17H18ClF3N4O.ClH/c1-10-8-12(6-7-22-10)24-16(26)14-9-23-25(15(14)17(19,20)21)13-4-2-11(18)3-5-13;/h2-5,9-10,12,22H,6-8H2,1H3,(H,24,26);1H. The monoisotopic (exact) mass is 422 g/mol. The lowest BCUT2D eigenvalue weighted by molar-refractivity contribution is -0.143. The van der Waals surface area contributed by atoms with Crippen molar-refractivity contribution in [1.82, 2.24) is 20.4 Å². The van der Waals surface area contributed by atoms with E-state index in [1.807, 2.05) is 6.92 Å². The minimum atomic E-state index is -4.73. The SMILES string of the molecule is CC1CC(NC(=O)c2cnn(-c3ccc(Cl)cc3)c2C(F)(F)F)CCN1.Cl. The molecule has 1 saturated heterocycles. The molecule has 27 heavy (non-hydrogen) atoms. The van der Waals surface area contributed by atoms with Crippen LogP contribution in [0.15, 0.2) is 30.5 Å². The smallest absolute Gasteiger partial charge is 0.349 e. The fraction of sp³-hybridized carbons (Fsp3) is 0.412. The van der Waals surface area contributed by atoms with Crippen LogP contribution in [0.3, 0.4) is 0 Å². The highest BCUT2D eigenvalue weighted by atomic mass is 35.5. The number of amides is 1. The van der Waals surface area contributed by atoms with E-state index >= 15 is 0 Å². The zero-order valence-corrected chi connectivity index (χ0v) is 16.0. The summed E-state index contributed by atoms with van der Waals surface area (Å²) >= 11 is 5.78. The lowest BCUT2D eigenvalue weighted by Gasteiger charge is -2.28. The summed E-state index contributed by atoms with van der Waals surface area (Å²) in [5.74, 6) is -0.767. The van der Waals surface area contributed by atoms with Crippen LogP contribution in [0.5, 0.6) is 0 Å². The molecule has 1 aromatic heterocycles. The molecule has 2 N–H and O–H groups in total. The summed E-state index contributed by atoms with van der Waals surface area (Å²) in [5, 5.41) is 10.1. The molecule has 1 aliphatic heterocycles. The number of rotatable bonds is 3. The van der Waals surface area contributed by atoms with E-state index in [0.29, 0.717) is 24.4 Å². The number of benzene rings is 1. The van der Waals surface area contributed by atoms with E-state index in [9.17, 15) is 18.0 Å². The molecule has 3 rings (SSSR count). The zero-order chi connectivity index (χ0) is 18.9. The molecule has 0 spiro atoms. The van der Waals surface area contributed by atoms with Gasteiger partial charge in [0.25, 0.3) is 5.91 Å². The first-order valence-corrected chi connectivity index (χ1v) is 8.59. The van der Waals surface area contributed by atoms with Crippen molar-refractivity contribution in [2.24, 2.45) is 0 Å². The summed E-state index contributed by atoms with van der Waals surface area (Å²) in [6.07, 6.45) is -2.44. The van der Waals surface area contributed by atoms with Crippen LogP contribution in [0.1, 0.15) is 35.8 Å². The van der Waals surface area contributed by atoms with Gasteiger partial charge in [0.1, 0.15) is 0 Å². The second-order valence-corrected chi connectivity index (χ2v) is 6.78. The number of nitrogens with zero attached hydrogens (tertiary/aromatic N) is 2. The van der Waals surface area contributed by atoms with Crippen molar-refractivity contribution in [2.75, 3.05) is 6.54 Å². The van der Waals surface area contributed by atoms with Crippen molar-refractivity contribution in [3.8, 4) is 5.69 Å². The van der Waals surface area contributed by atoms with Crippen LogP contribution in [0.25, 0.3) is 5.69 Å². The van der Waals surface area contributed by atoms with Crippen molar-refractivity contribution in [3.05, 3.63) is 46.7 Å². The topological polar surface area (TPSA) is 59.0 Å². The summed E-state index contributed by atoms with van der Waals surface area (Å²) in [6, 6.07) is 5.80. The molecule has 1 aromatic carbocycles. The van der Waals surface area contributed by atoms with Gasteiger partial charge in [0, 0.05) is 17.1 Å². The first kappa shape index (κ1) is 21.5. The van der Waals surface area contributed by atoms with Gasteiger partial charge in [0.05, 0.1) is 17.4 Å². The van der Waals surface area contributed by atoms with Crippen LogP contribution in [-0.2, 0) is 6.18 Å². The lowest BCUT2D eigenvalue weighted by atomic mass is 10.0. The van der Waals surface area contributed by atoms with Crippen LogP contribution in [0, 0.1) is 0 Å². The number of alkyl halides is 3. The number of carbonyl (C=O) groups is 1. The number of nitrogens with one attached hydrogen (secondary N) is 2. The molecule has 0 bridgehead atoms. The van der Waals surface area contributed by atoms with Gasteiger partial charge in [-0.25, -0.2) is 4.68 Å². The van der Waals surface area contributed by atoms with Gasteiger partial charge >= 0.3 is 6.18 Å². The summed E-state index contributed by atoms with van der Waals surface area (Å²) in [7, 11) is 0. The Kier molecular flexibility index (Phi) is 6.77. The molecule has 0 radical (unpaired) electrons. The Morgan fingerprint density at radius 3 is 2.59 bits per heavy atom. The van der Waals surface area contributed by atoms with Gasteiger partial charge in [-0.1, -0.05) is 11.6 Å². The van der Waals surface area contributed by atoms with Crippen molar-refractivity contribution >= 4 is 29.9 Å². The molecule has 0 saturated carbocycles. The van der Waals surface area contributed by atoms with E-state index in [0.717, 1.165) is 10.9 Å².